The zero-order valence-corrected chi connectivity index (χ0v) is 16.1. The number of ether oxygens (including phenoxy) is 1. The van der Waals surface area contributed by atoms with Crippen molar-refractivity contribution >= 4 is 23.2 Å². The maximum atomic E-state index is 12.7. The molecule has 1 aliphatic heterocycles. The van der Waals surface area contributed by atoms with E-state index in [2.05, 4.69) is 4.98 Å². The maximum absolute atomic E-state index is 12.7. The molecular formula is C20H19N3O4S. The number of hydrogen-bond acceptors (Lipinski definition) is 6. The number of rotatable bonds is 4. The Labute approximate surface area is 166 Å². The number of carbonyl (C=O) groups is 2. The standard InChI is InChI=1S/C20H19N3O4S/c1-26-15-6-4-14(5-7-15)19(24)22-8-10-23(11-9-22)20(25)16-13-28-18(21-16)17-3-2-12-27-17/h2-7,12-13H,8-11H2,1H3. The molecule has 8 heteroatoms. The number of amides is 2. The highest BCUT2D eigenvalue weighted by Gasteiger charge is 2.27. The molecule has 2 aromatic heterocycles. The zero-order valence-electron chi connectivity index (χ0n) is 15.3. The van der Waals surface area contributed by atoms with Gasteiger partial charge < -0.3 is 19.0 Å². The minimum Gasteiger partial charge on any atom is -0.497 e. The van der Waals surface area contributed by atoms with Gasteiger partial charge in [-0.3, -0.25) is 9.59 Å². The summed E-state index contributed by atoms with van der Waals surface area (Å²) < 4.78 is 10.4. The van der Waals surface area contributed by atoms with E-state index < -0.39 is 0 Å². The summed E-state index contributed by atoms with van der Waals surface area (Å²) in [5.74, 6) is 1.21. The molecule has 0 spiro atoms. The lowest BCUT2D eigenvalue weighted by Gasteiger charge is -2.34. The molecule has 0 radical (unpaired) electrons. The molecule has 0 N–H and O–H groups in total. The summed E-state index contributed by atoms with van der Waals surface area (Å²) in [4.78, 5) is 33.2. The van der Waals surface area contributed by atoms with Crippen LogP contribution < -0.4 is 4.74 Å². The van der Waals surface area contributed by atoms with Gasteiger partial charge in [-0.05, 0) is 36.4 Å². The van der Waals surface area contributed by atoms with Gasteiger partial charge in [-0.2, -0.15) is 0 Å². The maximum Gasteiger partial charge on any atom is 0.273 e. The minimum atomic E-state index is -0.120. The number of thiazole rings is 1. The first-order chi connectivity index (χ1) is 13.7. The summed E-state index contributed by atoms with van der Waals surface area (Å²) in [5.41, 5.74) is 1.02. The van der Waals surface area contributed by atoms with Crippen LogP contribution in [-0.2, 0) is 0 Å². The molecule has 0 bridgehead atoms. The summed E-state index contributed by atoms with van der Waals surface area (Å²) in [7, 11) is 1.59. The van der Waals surface area contributed by atoms with Gasteiger partial charge in [0.25, 0.3) is 11.8 Å². The van der Waals surface area contributed by atoms with E-state index in [1.165, 1.54) is 11.3 Å². The van der Waals surface area contributed by atoms with E-state index in [1.54, 1.807) is 58.9 Å². The molecular weight excluding hydrogens is 378 g/mol. The van der Waals surface area contributed by atoms with Crippen molar-refractivity contribution in [2.75, 3.05) is 33.3 Å². The van der Waals surface area contributed by atoms with Gasteiger partial charge in [0.05, 0.1) is 13.4 Å². The van der Waals surface area contributed by atoms with Crippen LogP contribution in [0.2, 0.25) is 0 Å². The quantitative estimate of drug-likeness (QED) is 0.676. The van der Waals surface area contributed by atoms with Crippen molar-refractivity contribution in [3.63, 3.8) is 0 Å². The van der Waals surface area contributed by atoms with E-state index in [-0.39, 0.29) is 11.8 Å². The smallest absolute Gasteiger partial charge is 0.273 e. The topological polar surface area (TPSA) is 75.9 Å². The molecule has 3 aromatic rings. The lowest BCUT2D eigenvalue weighted by Crippen LogP contribution is -2.50. The van der Waals surface area contributed by atoms with Gasteiger partial charge in [0.1, 0.15) is 11.4 Å². The lowest BCUT2D eigenvalue weighted by molar-refractivity contribution is 0.0533. The van der Waals surface area contributed by atoms with Crippen LogP contribution in [0.4, 0.5) is 0 Å². The SMILES string of the molecule is COc1ccc(C(=O)N2CCN(C(=O)c3csc(-c4ccco4)n3)CC2)cc1. The van der Waals surface area contributed by atoms with Crippen LogP contribution in [0.25, 0.3) is 10.8 Å². The molecule has 3 heterocycles. The Morgan fingerprint density at radius 3 is 2.32 bits per heavy atom. The molecule has 1 fully saturated rings. The summed E-state index contributed by atoms with van der Waals surface area (Å²) in [6.45, 7) is 1.94. The van der Waals surface area contributed by atoms with E-state index in [1.807, 2.05) is 6.07 Å². The van der Waals surface area contributed by atoms with Crippen LogP contribution in [0.5, 0.6) is 5.75 Å². The number of hydrogen-bond donors (Lipinski definition) is 0. The van der Waals surface area contributed by atoms with Crippen molar-refractivity contribution in [1.82, 2.24) is 14.8 Å². The van der Waals surface area contributed by atoms with Crippen LogP contribution in [0, 0.1) is 0 Å². The molecule has 0 aliphatic carbocycles. The van der Waals surface area contributed by atoms with E-state index >= 15 is 0 Å². The van der Waals surface area contributed by atoms with Crippen molar-refractivity contribution in [3.05, 3.63) is 59.3 Å². The van der Waals surface area contributed by atoms with Gasteiger partial charge in [-0.15, -0.1) is 11.3 Å². The summed E-state index contributed by atoms with van der Waals surface area (Å²) in [5, 5.41) is 2.43. The molecule has 144 valence electrons. The lowest BCUT2D eigenvalue weighted by atomic mass is 10.1. The monoisotopic (exact) mass is 397 g/mol. The van der Waals surface area contributed by atoms with Crippen LogP contribution in [0.15, 0.2) is 52.5 Å². The Balaban J connectivity index is 1.37. The van der Waals surface area contributed by atoms with Crippen molar-refractivity contribution in [2.24, 2.45) is 0 Å². The van der Waals surface area contributed by atoms with Gasteiger partial charge in [0, 0.05) is 37.1 Å². The highest BCUT2D eigenvalue weighted by molar-refractivity contribution is 7.13. The molecule has 28 heavy (non-hydrogen) atoms. The van der Waals surface area contributed by atoms with Gasteiger partial charge in [0.2, 0.25) is 0 Å². The fourth-order valence-corrected chi connectivity index (χ4v) is 3.84. The predicted octanol–water partition coefficient (Wildman–Crippen LogP) is 3.01. The molecule has 7 nitrogen and oxygen atoms in total. The Bertz CT molecular complexity index is 958. The Hall–Kier alpha value is -3.13. The summed E-state index contributed by atoms with van der Waals surface area (Å²) in [6, 6.07) is 10.7. The number of aromatic nitrogens is 1. The number of benzene rings is 1. The number of methoxy groups -OCH3 is 1. The fourth-order valence-electron chi connectivity index (χ4n) is 3.08. The number of furan rings is 1. The van der Waals surface area contributed by atoms with Gasteiger partial charge in [0.15, 0.2) is 10.8 Å². The fraction of sp³-hybridized carbons (Fsp3) is 0.250. The molecule has 0 atom stereocenters. The Kier molecular flexibility index (Phi) is 5.12. The zero-order chi connectivity index (χ0) is 19.5. The second kappa shape index (κ2) is 7.85. The third-order valence-corrected chi connectivity index (χ3v) is 5.50. The first-order valence-electron chi connectivity index (χ1n) is 8.87. The molecule has 1 saturated heterocycles. The third kappa shape index (κ3) is 3.63. The summed E-state index contributed by atoms with van der Waals surface area (Å²) in [6.07, 6.45) is 1.58. The molecule has 4 rings (SSSR count). The van der Waals surface area contributed by atoms with Crippen molar-refractivity contribution in [1.29, 1.82) is 0 Å². The Morgan fingerprint density at radius 1 is 1.04 bits per heavy atom. The van der Waals surface area contributed by atoms with E-state index in [9.17, 15) is 9.59 Å². The van der Waals surface area contributed by atoms with Crippen molar-refractivity contribution in [2.45, 2.75) is 0 Å². The molecule has 0 unspecified atom stereocenters. The largest absolute Gasteiger partial charge is 0.497 e. The number of carbonyl (C=O) groups excluding carboxylic acids is 2. The van der Waals surface area contributed by atoms with Crippen molar-refractivity contribution in [3.8, 4) is 16.5 Å². The average Bonchev–Trinajstić information content (AvgIpc) is 3.45. The van der Waals surface area contributed by atoms with Crippen LogP contribution in [0.3, 0.4) is 0 Å². The Morgan fingerprint density at radius 2 is 1.71 bits per heavy atom. The highest BCUT2D eigenvalue weighted by atomic mass is 32.1. The minimum absolute atomic E-state index is 0.0384. The summed E-state index contributed by atoms with van der Waals surface area (Å²) >= 11 is 1.38. The van der Waals surface area contributed by atoms with E-state index in [0.717, 1.165) is 0 Å². The normalized spacial score (nSPS) is 14.2. The highest BCUT2D eigenvalue weighted by Crippen LogP contribution is 2.25. The molecule has 0 saturated carbocycles. The average molecular weight is 397 g/mol. The van der Waals surface area contributed by atoms with Crippen LogP contribution in [-0.4, -0.2) is 59.9 Å². The molecule has 2 amide bonds. The van der Waals surface area contributed by atoms with Gasteiger partial charge in [-0.1, -0.05) is 0 Å². The first-order valence-corrected chi connectivity index (χ1v) is 9.75. The number of nitrogens with zero attached hydrogens (tertiary/aromatic N) is 3. The second-order valence-corrected chi connectivity index (χ2v) is 7.19. The predicted molar refractivity (Wildman–Crippen MR) is 105 cm³/mol. The van der Waals surface area contributed by atoms with Gasteiger partial charge >= 0.3 is 0 Å². The molecule has 1 aliphatic rings. The molecule has 1 aromatic carbocycles. The van der Waals surface area contributed by atoms with Gasteiger partial charge in [-0.25, -0.2) is 4.98 Å². The van der Waals surface area contributed by atoms with Crippen molar-refractivity contribution < 1.29 is 18.7 Å². The van der Waals surface area contributed by atoms with E-state index in [4.69, 9.17) is 9.15 Å². The second-order valence-electron chi connectivity index (χ2n) is 6.33. The van der Waals surface area contributed by atoms with Crippen LogP contribution >= 0.6 is 11.3 Å². The first kappa shape index (κ1) is 18.2. The third-order valence-electron chi connectivity index (χ3n) is 4.65. The van der Waals surface area contributed by atoms with Crippen LogP contribution in [0.1, 0.15) is 20.8 Å². The number of piperazine rings is 1. The van der Waals surface area contributed by atoms with E-state index in [0.29, 0.717) is 54.0 Å².